The van der Waals surface area contributed by atoms with E-state index in [1.54, 1.807) is 0 Å². The van der Waals surface area contributed by atoms with E-state index in [9.17, 15) is 14.3 Å². The molecular weight excluding hydrogens is 199 g/mol. The molecule has 0 heterocycles. The van der Waals surface area contributed by atoms with Crippen molar-refractivity contribution in [1.82, 2.24) is 0 Å². The zero-order valence-corrected chi connectivity index (χ0v) is 7.79. The molecule has 1 N–H and O–H groups in total. The van der Waals surface area contributed by atoms with Crippen molar-refractivity contribution in [2.45, 2.75) is 12.8 Å². The average molecular weight is 207 g/mol. The molecule has 0 spiro atoms. The monoisotopic (exact) mass is 207 g/mol. The second kappa shape index (κ2) is 3.38. The Hall–Kier alpha value is -1.84. The number of halogens is 1. The molecule has 0 radical (unpaired) electrons. The third-order valence-corrected chi connectivity index (χ3v) is 2.48. The van der Waals surface area contributed by atoms with Crippen LogP contribution < -0.4 is 5.11 Å². The van der Waals surface area contributed by atoms with Gasteiger partial charge in [-0.1, -0.05) is 18.2 Å². The highest BCUT2D eigenvalue weighted by Gasteiger charge is 2.22. The standard InChI is InChI=1S/C11H9FO3/c12-10-8-4-2-7(13)5-6(8)1-3-9(10)11(14)15/h2,4-5,13H,1,3H2,(H,14,15)/p-1. The molecule has 0 amide bonds. The van der Waals surface area contributed by atoms with E-state index in [-0.39, 0.29) is 23.3 Å². The van der Waals surface area contributed by atoms with Crippen molar-refractivity contribution >= 4 is 11.8 Å². The van der Waals surface area contributed by atoms with Gasteiger partial charge >= 0.3 is 5.97 Å². The van der Waals surface area contributed by atoms with Crippen LogP contribution in [0, 0.1) is 0 Å². The van der Waals surface area contributed by atoms with Crippen LogP contribution >= 0.6 is 0 Å². The minimum Gasteiger partial charge on any atom is -0.872 e. The summed E-state index contributed by atoms with van der Waals surface area (Å²) >= 11 is 0. The van der Waals surface area contributed by atoms with Crippen molar-refractivity contribution in [2.24, 2.45) is 0 Å². The Balaban J connectivity index is 2.57. The fourth-order valence-corrected chi connectivity index (χ4v) is 1.72. The van der Waals surface area contributed by atoms with Gasteiger partial charge in [0.1, 0.15) is 5.83 Å². The Labute approximate surface area is 85.5 Å². The summed E-state index contributed by atoms with van der Waals surface area (Å²) < 4.78 is 13.6. The Morgan fingerprint density at radius 3 is 2.80 bits per heavy atom. The Kier molecular flexibility index (Phi) is 2.19. The van der Waals surface area contributed by atoms with E-state index in [4.69, 9.17) is 5.11 Å². The molecule has 1 aliphatic carbocycles. The largest absolute Gasteiger partial charge is 0.872 e. The van der Waals surface area contributed by atoms with Crippen molar-refractivity contribution in [3.05, 3.63) is 34.9 Å². The fourth-order valence-electron chi connectivity index (χ4n) is 1.72. The molecule has 0 saturated carbocycles. The van der Waals surface area contributed by atoms with E-state index < -0.39 is 11.8 Å². The van der Waals surface area contributed by atoms with Crippen LogP contribution in [0.25, 0.3) is 5.83 Å². The number of fused-ring (bicyclic) bond motifs is 1. The van der Waals surface area contributed by atoms with E-state index in [1.807, 2.05) is 0 Å². The van der Waals surface area contributed by atoms with E-state index in [0.717, 1.165) is 0 Å². The molecule has 4 heteroatoms. The number of aliphatic carboxylic acids is 1. The number of carboxylic acid groups (broad SMARTS) is 1. The van der Waals surface area contributed by atoms with E-state index in [1.165, 1.54) is 18.2 Å². The van der Waals surface area contributed by atoms with Crippen LogP contribution in [0.3, 0.4) is 0 Å². The molecule has 0 bridgehead atoms. The first-order chi connectivity index (χ1) is 7.09. The van der Waals surface area contributed by atoms with Crippen molar-refractivity contribution in [3.8, 4) is 5.75 Å². The highest BCUT2D eigenvalue weighted by molar-refractivity contribution is 5.95. The predicted octanol–water partition coefficient (Wildman–Crippen LogP) is 1.47. The highest BCUT2D eigenvalue weighted by Crippen LogP contribution is 2.33. The lowest BCUT2D eigenvalue weighted by Gasteiger charge is -2.18. The Morgan fingerprint density at radius 1 is 1.40 bits per heavy atom. The fraction of sp³-hybridized carbons (Fsp3) is 0.182. The van der Waals surface area contributed by atoms with E-state index in [0.29, 0.717) is 12.0 Å². The number of rotatable bonds is 1. The molecule has 78 valence electrons. The van der Waals surface area contributed by atoms with Gasteiger partial charge in [-0.3, -0.25) is 0 Å². The topological polar surface area (TPSA) is 60.4 Å². The van der Waals surface area contributed by atoms with Gasteiger partial charge < -0.3 is 10.2 Å². The first-order valence-corrected chi connectivity index (χ1v) is 4.52. The van der Waals surface area contributed by atoms with Crippen molar-refractivity contribution in [2.75, 3.05) is 0 Å². The lowest BCUT2D eigenvalue weighted by molar-refractivity contribution is -0.268. The van der Waals surface area contributed by atoms with Gasteiger partial charge in [-0.2, -0.15) is 0 Å². The molecule has 3 nitrogen and oxygen atoms in total. The van der Waals surface area contributed by atoms with Crippen molar-refractivity contribution in [1.29, 1.82) is 0 Å². The van der Waals surface area contributed by atoms with Gasteiger partial charge in [-0.05, 0) is 18.4 Å². The Bertz CT molecular complexity index is 463. The quantitative estimate of drug-likeness (QED) is 0.758. The van der Waals surface area contributed by atoms with Crippen LogP contribution in [-0.2, 0) is 11.2 Å². The van der Waals surface area contributed by atoms with Gasteiger partial charge in [0.25, 0.3) is 0 Å². The summed E-state index contributed by atoms with van der Waals surface area (Å²) in [5.41, 5.74) is 0.615. The number of hydrogen-bond donors (Lipinski definition) is 1. The first-order valence-electron chi connectivity index (χ1n) is 4.52. The van der Waals surface area contributed by atoms with Crippen LogP contribution in [0.1, 0.15) is 17.5 Å². The molecule has 0 atom stereocenters. The maximum Gasteiger partial charge on any atom is 0.334 e. The summed E-state index contributed by atoms with van der Waals surface area (Å²) in [6, 6.07) is 3.94. The van der Waals surface area contributed by atoms with Gasteiger partial charge in [-0.15, -0.1) is 5.75 Å². The zero-order chi connectivity index (χ0) is 11.0. The minimum absolute atomic E-state index is 0.137. The maximum atomic E-state index is 13.6. The Morgan fingerprint density at radius 2 is 2.13 bits per heavy atom. The van der Waals surface area contributed by atoms with E-state index in [2.05, 4.69) is 0 Å². The molecule has 1 aliphatic rings. The van der Waals surface area contributed by atoms with Crippen LogP contribution in [-0.4, -0.2) is 11.1 Å². The normalized spacial score (nSPS) is 15.0. The molecule has 0 saturated heterocycles. The van der Waals surface area contributed by atoms with Gasteiger partial charge in [0, 0.05) is 5.56 Å². The highest BCUT2D eigenvalue weighted by atomic mass is 19.1. The number of aryl methyl sites for hydroxylation is 1. The summed E-state index contributed by atoms with van der Waals surface area (Å²) in [5, 5.41) is 19.7. The summed E-state index contributed by atoms with van der Waals surface area (Å²) in [6.07, 6.45) is 0.540. The molecule has 1 aromatic rings. The third-order valence-electron chi connectivity index (χ3n) is 2.48. The summed E-state index contributed by atoms with van der Waals surface area (Å²) in [4.78, 5) is 10.7. The second-order valence-electron chi connectivity index (χ2n) is 3.42. The molecular formula is C11H8FO3-. The molecule has 0 fully saturated rings. The van der Waals surface area contributed by atoms with Crippen LogP contribution in [0.5, 0.6) is 5.75 Å². The van der Waals surface area contributed by atoms with Crippen molar-refractivity contribution < 1.29 is 19.4 Å². The second-order valence-corrected chi connectivity index (χ2v) is 3.42. The van der Waals surface area contributed by atoms with Crippen LogP contribution in [0.4, 0.5) is 4.39 Å². The molecule has 0 aliphatic heterocycles. The minimum atomic E-state index is -1.23. The zero-order valence-electron chi connectivity index (χ0n) is 7.79. The molecule has 0 aromatic heterocycles. The van der Waals surface area contributed by atoms with Gasteiger partial charge in [0.2, 0.25) is 0 Å². The predicted molar refractivity (Wildman–Crippen MR) is 49.9 cm³/mol. The molecule has 0 unspecified atom stereocenters. The molecule has 15 heavy (non-hydrogen) atoms. The van der Waals surface area contributed by atoms with Gasteiger partial charge in [0.15, 0.2) is 0 Å². The SMILES string of the molecule is O=C(O)C1=C(F)c2ccc([O-])cc2CC1. The van der Waals surface area contributed by atoms with E-state index >= 15 is 0 Å². The van der Waals surface area contributed by atoms with Crippen molar-refractivity contribution in [3.63, 3.8) is 0 Å². The average Bonchev–Trinajstić information content (AvgIpc) is 2.17. The third kappa shape index (κ3) is 1.58. The first kappa shape index (κ1) is 9.71. The summed E-state index contributed by atoms with van der Waals surface area (Å²) in [7, 11) is 0. The molecule has 2 rings (SSSR count). The number of carbonyl (C=O) groups is 1. The lowest BCUT2D eigenvalue weighted by Crippen LogP contribution is -2.10. The summed E-state index contributed by atoms with van der Waals surface area (Å²) in [5.74, 6) is -2.13. The van der Waals surface area contributed by atoms with Gasteiger partial charge in [-0.25, -0.2) is 9.18 Å². The van der Waals surface area contributed by atoms with Crippen LogP contribution in [0.2, 0.25) is 0 Å². The molecule has 1 aromatic carbocycles. The van der Waals surface area contributed by atoms with Crippen LogP contribution in [0.15, 0.2) is 23.8 Å². The number of carboxylic acids is 1. The summed E-state index contributed by atoms with van der Waals surface area (Å²) in [6.45, 7) is 0. The van der Waals surface area contributed by atoms with Gasteiger partial charge in [0.05, 0.1) is 5.57 Å². The lowest BCUT2D eigenvalue weighted by atomic mass is 9.91. The maximum absolute atomic E-state index is 13.6. The smallest absolute Gasteiger partial charge is 0.334 e. The number of benzene rings is 1. The number of hydrogen-bond acceptors (Lipinski definition) is 2.